The normalized spacial score (nSPS) is 35.4. The lowest BCUT2D eigenvalue weighted by molar-refractivity contribution is -0.136. The first-order chi connectivity index (χ1) is 7.70. The van der Waals surface area contributed by atoms with Gasteiger partial charge in [0.1, 0.15) is 0 Å². The maximum Gasteiger partial charge on any atom is 0.225 e. The SMILES string of the molecule is COC1CCN(C(=O)C2CCNC(C)C2)C1. The van der Waals surface area contributed by atoms with Crippen LogP contribution in [0.1, 0.15) is 26.2 Å². The van der Waals surface area contributed by atoms with Gasteiger partial charge in [0.2, 0.25) is 5.91 Å². The Hall–Kier alpha value is -0.610. The van der Waals surface area contributed by atoms with Crippen LogP contribution in [0.5, 0.6) is 0 Å². The summed E-state index contributed by atoms with van der Waals surface area (Å²) >= 11 is 0. The van der Waals surface area contributed by atoms with Gasteiger partial charge in [-0.15, -0.1) is 0 Å². The number of nitrogens with one attached hydrogen (secondary N) is 1. The van der Waals surface area contributed by atoms with Crippen molar-refractivity contribution in [1.29, 1.82) is 0 Å². The molecule has 2 heterocycles. The summed E-state index contributed by atoms with van der Waals surface area (Å²) in [6, 6.07) is 0.475. The van der Waals surface area contributed by atoms with Crippen molar-refractivity contribution in [3.8, 4) is 0 Å². The van der Waals surface area contributed by atoms with E-state index in [0.29, 0.717) is 11.9 Å². The van der Waals surface area contributed by atoms with Gasteiger partial charge in [0.15, 0.2) is 0 Å². The Bertz CT molecular complexity index is 257. The molecule has 1 amide bonds. The summed E-state index contributed by atoms with van der Waals surface area (Å²) in [6.45, 7) is 4.78. The van der Waals surface area contributed by atoms with Crippen molar-refractivity contribution in [3.63, 3.8) is 0 Å². The van der Waals surface area contributed by atoms with Gasteiger partial charge < -0.3 is 15.0 Å². The van der Waals surface area contributed by atoms with Crippen LogP contribution in [0.4, 0.5) is 0 Å². The third kappa shape index (κ3) is 2.55. The van der Waals surface area contributed by atoms with Gasteiger partial charge in [0, 0.05) is 32.2 Å². The predicted octanol–water partition coefficient (Wildman–Crippen LogP) is 0.622. The fourth-order valence-electron chi connectivity index (χ4n) is 2.74. The topological polar surface area (TPSA) is 41.6 Å². The van der Waals surface area contributed by atoms with E-state index in [0.717, 1.165) is 38.9 Å². The Labute approximate surface area is 97.3 Å². The molecule has 0 aromatic heterocycles. The molecule has 4 nitrogen and oxygen atoms in total. The number of nitrogens with zero attached hydrogens (tertiary/aromatic N) is 1. The zero-order valence-corrected chi connectivity index (χ0v) is 10.2. The summed E-state index contributed by atoms with van der Waals surface area (Å²) in [5.74, 6) is 0.569. The van der Waals surface area contributed by atoms with Gasteiger partial charge in [-0.05, 0) is 32.7 Å². The van der Waals surface area contributed by atoms with Gasteiger partial charge in [-0.1, -0.05) is 0 Å². The van der Waals surface area contributed by atoms with Crippen LogP contribution >= 0.6 is 0 Å². The molecular weight excluding hydrogens is 204 g/mol. The molecule has 3 unspecified atom stereocenters. The summed E-state index contributed by atoms with van der Waals surface area (Å²) in [6.07, 6.45) is 3.20. The molecule has 92 valence electrons. The zero-order chi connectivity index (χ0) is 11.5. The van der Waals surface area contributed by atoms with Crippen molar-refractivity contribution in [3.05, 3.63) is 0 Å². The Morgan fingerprint density at radius 2 is 2.25 bits per heavy atom. The zero-order valence-electron chi connectivity index (χ0n) is 10.2. The van der Waals surface area contributed by atoms with Crippen molar-refractivity contribution in [2.24, 2.45) is 5.92 Å². The second kappa shape index (κ2) is 5.15. The average molecular weight is 226 g/mol. The second-order valence-electron chi connectivity index (χ2n) is 5.01. The molecule has 2 fully saturated rings. The maximum atomic E-state index is 12.3. The van der Waals surface area contributed by atoms with E-state index in [-0.39, 0.29) is 12.0 Å². The molecule has 4 heteroatoms. The van der Waals surface area contributed by atoms with Crippen molar-refractivity contribution in [2.45, 2.75) is 38.3 Å². The van der Waals surface area contributed by atoms with E-state index in [9.17, 15) is 4.79 Å². The summed E-state index contributed by atoms with van der Waals surface area (Å²) < 4.78 is 5.29. The van der Waals surface area contributed by atoms with Crippen LogP contribution in [0.25, 0.3) is 0 Å². The van der Waals surface area contributed by atoms with Gasteiger partial charge in [-0.25, -0.2) is 0 Å². The molecule has 2 aliphatic heterocycles. The van der Waals surface area contributed by atoms with E-state index < -0.39 is 0 Å². The van der Waals surface area contributed by atoms with E-state index in [2.05, 4.69) is 12.2 Å². The molecule has 0 spiro atoms. The first-order valence-corrected chi connectivity index (χ1v) is 6.25. The standard InChI is InChI=1S/C12H22N2O2/c1-9-7-10(3-5-13-9)12(15)14-6-4-11(8-14)16-2/h9-11,13H,3-8H2,1-2H3. The summed E-state index contributed by atoms with van der Waals surface area (Å²) in [7, 11) is 1.73. The minimum Gasteiger partial charge on any atom is -0.380 e. The molecule has 16 heavy (non-hydrogen) atoms. The van der Waals surface area contributed by atoms with Crippen LogP contribution in [0.2, 0.25) is 0 Å². The van der Waals surface area contributed by atoms with Crippen LogP contribution in [-0.4, -0.2) is 49.7 Å². The number of ether oxygens (including phenoxy) is 1. The third-order valence-corrected chi connectivity index (χ3v) is 3.76. The Balaban J connectivity index is 1.87. The number of piperidine rings is 1. The first kappa shape index (κ1) is 11.9. The smallest absolute Gasteiger partial charge is 0.225 e. The minimum atomic E-state index is 0.229. The van der Waals surface area contributed by atoms with Crippen LogP contribution < -0.4 is 5.32 Å². The van der Waals surface area contributed by atoms with Crippen LogP contribution in [0.3, 0.4) is 0 Å². The maximum absolute atomic E-state index is 12.3. The third-order valence-electron chi connectivity index (χ3n) is 3.76. The lowest BCUT2D eigenvalue weighted by atomic mass is 9.92. The molecule has 0 aromatic rings. The minimum absolute atomic E-state index is 0.229. The van der Waals surface area contributed by atoms with Gasteiger partial charge in [0.25, 0.3) is 0 Å². The number of hydrogen-bond donors (Lipinski definition) is 1. The van der Waals surface area contributed by atoms with Gasteiger partial charge in [0.05, 0.1) is 6.10 Å². The molecule has 0 aliphatic carbocycles. The molecule has 0 saturated carbocycles. The Morgan fingerprint density at radius 3 is 2.88 bits per heavy atom. The summed E-state index contributed by atoms with van der Waals surface area (Å²) in [4.78, 5) is 14.2. The van der Waals surface area contributed by atoms with Gasteiger partial charge in [-0.2, -0.15) is 0 Å². The first-order valence-electron chi connectivity index (χ1n) is 6.25. The molecule has 1 N–H and O–H groups in total. The molecule has 0 aromatic carbocycles. The highest BCUT2D eigenvalue weighted by Crippen LogP contribution is 2.22. The van der Waals surface area contributed by atoms with E-state index in [1.54, 1.807) is 7.11 Å². The van der Waals surface area contributed by atoms with Gasteiger partial charge in [-0.3, -0.25) is 4.79 Å². The molecule has 0 radical (unpaired) electrons. The van der Waals surface area contributed by atoms with E-state index in [4.69, 9.17) is 4.74 Å². The van der Waals surface area contributed by atoms with Crippen molar-refractivity contribution in [1.82, 2.24) is 10.2 Å². The highest BCUT2D eigenvalue weighted by molar-refractivity contribution is 5.79. The monoisotopic (exact) mass is 226 g/mol. The van der Waals surface area contributed by atoms with Crippen molar-refractivity contribution < 1.29 is 9.53 Å². The quantitative estimate of drug-likeness (QED) is 0.750. The van der Waals surface area contributed by atoms with Crippen LogP contribution in [0, 0.1) is 5.92 Å². The Morgan fingerprint density at radius 1 is 1.44 bits per heavy atom. The second-order valence-corrected chi connectivity index (χ2v) is 5.01. The summed E-state index contributed by atoms with van der Waals surface area (Å²) in [5.41, 5.74) is 0. The van der Waals surface area contributed by atoms with Crippen LogP contribution in [-0.2, 0) is 9.53 Å². The fourth-order valence-corrected chi connectivity index (χ4v) is 2.74. The molecule has 3 atom stereocenters. The molecule has 2 aliphatic rings. The Kier molecular flexibility index (Phi) is 3.82. The van der Waals surface area contributed by atoms with Gasteiger partial charge >= 0.3 is 0 Å². The van der Waals surface area contributed by atoms with Crippen molar-refractivity contribution >= 4 is 5.91 Å². The lowest BCUT2D eigenvalue weighted by Crippen LogP contribution is -2.43. The fraction of sp³-hybridized carbons (Fsp3) is 0.917. The number of likely N-dealkylation sites (tertiary alicyclic amines) is 1. The number of carbonyl (C=O) groups excluding carboxylic acids is 1. The highest BCUT2D eigenvalue weighted by Gasteiger charge is 2.32. The number of hydrogen-bond acceptors (Lipinski definition) is 3. The molecular formula is C12H22N2O2. The highest BCUT2D eigenvalue weighted by atomic mass is 16.5. The molecule has 0 bridgehead atoms. The molecule has 2 rings (SSSR count). The molecule has 2 saturated heterocycles. The van der Waals surface area contributed by atoms with Crippen molar-refractivity contribution in [2.75, 3.05) is 26.7 Å². The summed E-state index contributed by atoms with van der Waals surface area (Å²) in [5, 5.41) is 3.38. The number of methoxy groups -OCH3 is 1. The number of carbonyl (C=O) groups is 1. The average Bonchev–Trinajstić information content (AvgIpc) is 2.76. The largest absolute Gasteiger partial charge is 0.380 e. The van der Waals surface area contributed by atoms with Crippen LogP contribution in [0.15, 0.2) is 0 Å². The predicted molar refractivity (Wildman–Crippen MR) is 62.2 cm³/mol. The van der Waals surface area contributed by atoms with E-state index in [1.807, 2.05) is 4.90 Å². The number of amides is 1. The number of rotatable bonds is 2. The van der Waals surface area contributed by atoms with E-state index >= 15 is 0 Å². The van der Waals surface area contributed by atoms with E-state index in [1.165, 1.54) is 0 Å². The lowest BCUT2D eigenvalue weighted by Gasteiger charge is -2.30.